The summed E-state index contributed by atoms with van der Waals surface area (Å²) in [7, 11) is 0. The lowest BCUT2D eigenvalue weighted by Crippen LogP contribution is -2.21. The summed E-state index contributed by atoms with van der Waals surface area (Å²) in [4.78, 5) is 3.71. The molecule has 0 radical (unpaired) electrons. The molecule has 0 aromatic carbocycles. The molecule has 2 nitrogen and oxygen atoms in total. The smallest absolute Gasteiger partial charge is 0.216 e. The summed E-state index contributed by atoms with van der Waals surface area (Å²) in [5, 5.41) is 0. The average molecular weight is 223 g/mol. The molecule has 1 saturated carbocycles. The molecular weight excluding hydrogens is 205 g/mol. The zero-order valence-electron chi connectivity index (χ0n) is 9.66. The second-order valence-corrected chi connectivity index (χ2v) is 4.31. The van der Waals surface area contributed by atoms with Crippen LogP contribution in [0.25, 0.3) is 0 Å². The fourth-order valence-electron chi connectivity index (χ4n) is 2.48. The van der Waals surface area contributed by atoms with E-state index in [1.165, 1.54) is 6.20 Å². The van der Waals surface area contributed by atoms with Crippen molar-refractivity contribution in [2.45, 2.75) is 44.6 Å². The van der Waals surface area contributed by atoms with Gasteiger partial charge in [0.1, 0.15) is 0 Å². The summed E-state index contributed by atoms with van der Waals surface area (Å²) in [6, 6.07) is 3.67. The fraction of sp³-hybridized carbons (Fsp3) is 0.615. The van der Waals surface area contributed by atoms with Crippen LogP contribution < -0.4 is 0 Å². The maximum absolute atomic E-state index is 13.5. The molecule has 88 valence electrons. The van der Waals surface area contributed by atoms with Gasteiger partial charge in [0.25, 0.3) is 0 Å². The topological polar surface area (TPSA) is 22.1 Å². The van der Waals surface area contributed by atoms with Crippen LogP contribution in [0.1, 0.15) is 44.1 Å². The lowest BCUT2D eigenvalue weighted by Gasteiger charge is -2.28. The molecule has 0 unspecified atom stereocenters. The summed E-state index contributed by atoms with van der Waals surface area (Å²) in [6.07, 6.45) is 5.96. The number of nitrogens with zero attached hydrogens (tertiary/aromatic N) is 1. The SMILES string of the molecule is CCOC1CCC(c2cccnc2F)CC1. The van der Waals surface area contributed by atoms with E-state index in [-0.39, 0.29) is 5.95 Å². The van der Waals surface area contributed by atoms with Crippen molar-refractivity contribution in [3.63, 3.8) is 0 Å². The lowest BCUT2D eigenvalue weighted by molar-refractivity contribution is 0.0325. The molecule has 0 aliphatic heterocycles. The van der Waals surface area contributed by atoms with Gasteiger partial charge in [0, 0.05) is 18.4 Å². The minimum atomic E-state index is -0.303. The van der Waals surface area contributed by atoms with Crippen molar-refractivity contribution in [1.29, 1.82) is 0 Å². The van der Waals surface area contributed by atoms with Crippen molar-refractivity contribution in [2.75, 3.05) is 6.61 Å². The van der Waals surface area contributed by atoms with Crippen LogP contribution in [0.2, 0.25) is 0 Å². The summed E-state index contributed by atoms with van der Waals surface area (Å²) < 4.78 is 19.1. The van der Waals surface area contributed by atoms with Gasteiger partial charge >= 0.3 is 0 Å². The first kappa shape index (κ1) is 11.5. The highest BCUT2D eigenvalue weighted by Gasteiger charge is 2.24. The molecule has 1 aromatic rings. The van der Waals surface area contributed by atoms with Gasteiger partial charge in [-0.1, -0.05) is 6.07 Å². The molecule has 1 heterocycles. The van der Waals surface area contributed by atoms with Gasteiger partial charge in [-0.2, -0.15) is 4.39 Å². The molecule has 1 aromatic heterocycles. The van der Waals surface area contributed by atoms with E-state index in [9.17, 15) is 4.39 Å². The molecule has 1 aliphatic carbocycles. The Morgan fingerprint density at radius 3 is 2.75 bits per heavy atom. The van der Waals surface area contributed by atoms with Crippen LogP contribution in [0.15, 0.2) is 18.3 Å². The van der Waals surface area contributed by atoms with Crippen LogP contribution in [0, 0.1) is 5.95 Å². The molecule has 0 saturated heterocycles. The Morgan fingerprint density at radius 2 is 2.12 bits per heavy atom. The Balaban J connectivity index is 1.96. The molecule has 16 heavy (non-hydrogen) atoms. The minimum Gasteiger partial charge on any atom is -0.379 e. The minimum absolute atomic E-state index is 0.303. The molecule has 1 fully saturated rings. The van der Waals surface area contributed by atoms with Crippen LogP contribution in [-0.2, 0) is 4.74 Å². The number of rotatable bonds is 3. The zero-order valence-corrected chi connectivity index (χ0v) is 9.66. The first-order chi connectivity index (χ1) is 7.81. The number of ether oxygens (including phenoxy) is 1. The largest absolute Gasteiger partial charge is 0.379 e. The van der Waals surface area contributed by atoms with Crippen molar-refractivity contribution in [1.82, 2.24) is 4.98 Å². The maximum Gasteiger partial charge on any atom is 0.216 e. The number of hydrogen-bond donors (Lipinski definition) is 0. The molecule has 0 atom stereocenters. The summed E-state index contributed by atoms with van der Waals surface area (Å²) in [5.41, 5.74) is 0.775. The fourth-order valence-corrected chi connectivity index (χ4v) is 2.48. The Bertz CT molecular complexity index is 334. The third-order valence-electron chi connectivity index (χ3n) is 3.30. The lowest BCUT2D eigenvalue weighted by atomic mass is 9.83. The summed E-state index contributed by atoms with van der Waals surface area (Å²) >= 11 is 0. The molecule has 0 N–H and O–H groups in total. The van der Waals surface area contributed by atoms with Crippen LogP contribution in [-0.4, -0.2) is 17.7 Å². The van der Waals surface area contributed by atoms with E-state index >= 15 is 0 Å². The van der Waals surface area contributed by atoms with E-state index in [1.54, 1.807) is 0 Å². The Hall–Kier alpha value is -0.960. The second-order valence-electron chi connectivity index (χ2n) is 4.31. The number of pyridine rings is 1. The first-order valence-corrected chi connectivity index (χ1v) is 6.03. The van der Waals surface area contributed by atoms with Crippen LogP contribution in [0.5, 0.6) is 0 Å². The van der Waals surface area contributed by atoms with Gasteiger partial charge in [0.2, 0.25) is 5.95 Å². The van der Waals surface area contributed by atoms with Gasteiger partial charge in [-0.05, 0) is 44.6 Å². The molecule has 0 spiro atoms. The van der Waals surface area contributed by atoms with E-state index < -0.39 is 0 Å². The van der Waals surface area contributed by atoms with Crippen molar-refractivity contribution < 1.29 is 9.13 Å². The number of hydrogen-bond acceptors (Lipinski definition) is 2. The van der Waals surface area contributed by atoms with E-state index in [1.807, 2.05) is 19.1 Å². The predicted molar refractivity (Wildman–Crippen MR) is 60.8 cm³/mol. The van der Waals surface area contributed by atoms with Crippen LogP contribution >= 0.6 is 0 Å². The Morgan fingerprint density at radius 1 is 1.38 bits per heavy atom. The Labute approximate surface area is 95.8 Å². The number of halogens is 1. The van der Waals surface area contributed by atoms with Gasteiger partial charge in [-0.15, -0.1) is 0 Å². The summed E-state index contributed by atoms with van der Waals surface area (Å²) in [6.45, 7) is 2.80. The van der Waals surface area contributed by atoms with Gasteiger partial charge < -0.3 is 4.74 Å². The van der Waals surface area contributed by atoms with Crippen molar-refractivity contribution in [3.05, 3.63) is 29.8 Å². The third-order valence-corrected chi connectivity index (χ3v) is 3.30. The van der Waals surface area contributed by atoms with Gasteiger partial charge in [0.05, 0.1) is 6.10 Å². The molecule has 3 heteroatoms. The third kappa shape index (κ3) is 2.59. The molecular formula is C13H18FNO. The van der Waals surface area contributed by atoms with Crippen molar-refractivity contribution in [2.24, 2.45) is 0 Å². The van der Waals surface area contributed by atoms with E-state index in [0.717, 1.165) is 37.9 Å². The normalized spacial score (nSPS) is 25.6. The van der Waals surface area contributed by atoms with Gasteiger partial charge in [-0.25, -0.2) is 4.98 Å². The second kappa shape index (κ2) is 5.39. The van der Waals surface area contributed by atoms with Gasteiger partial charge in [0.15, 0.2) is 0 Å². The van der Waals surface area contributed by atoms with Crippen molar-refractivity contribution in [3.8, 4) is 0 Å². The zero-order chi connectivity index (χ0) is 11.4. The van der Waals surface area contributed by atoms with E-state index in [2.05, 4.69) is 4.98 Å². The van der Waals surface area contributed by atoms with Crippen LogP contribution in [0.3, 0.4) is 0 Å². The molecule has 0 bridgehead atoms. The monoisotopic (exact) mass is 223 g/mol. The number of aromatic nitrogens is 1. The standard InChI is InChI=1S/C13H18FNO/c1-2-16-11-7-5-10(6-8-11)12-4-3-9-15-13(12)14/h3-4,9-11H,2,5-8H2,1H3. The van der Waals surface area contributed by atoms with E-state index in [0.29, 0.717) is 12.0 Å². The quantitative estimate of drug-likeness (QED) is 0.734. The Kier molecular flexibility index (Phi) is 3.88. The maximum atomic E-state index is 13.5. The molecule has 1 aliphatic rings. The highest BCUT2D eigenvalue weighted by Crippen LogP contribution is 2.34. The average Bonchev–Trinajstić information content (AvgIpc) is 2.31. The first-order valence-electron chi connectivity index (χ1n) is 6.03. The van der Waals surface area contributed by atoms with Crippen molar-refractivity contribution >= 4 is 0 Å². The highest BCUT2D eigenvalue weighted by molar-refractivity contribution is 5.17. The molecule has 0 amide bonds. The van der Waals surface area contributed by atoms with E-state index in [4.69, 9.17) is 4.74 Å². The van der Waals surface area contributed by atoms with Crippen LogP contribution in [0.4, 0.5) is 4.39 Å². The predicted octanol–water partition coefficient (Wildman–Crippen LogP) is 3.28. The van der Waals surface area contributed by atoms with Gasteiger partial charge in [-0.3, -0.25) is 0 Å². The molecule has 2 rings (SSSR count). The highest BCUT2D eigenvalue weighted by atomic mass is 19.1. The summed E-state index contributed by atoms with van der Waals surface area (Å²) in [5.74, 6) is 0.0211.